The summed E-state index contributed by atoms with van der Waals surface area (Å²) in [6, 6.07) is 11.3. The summed E-state index contributed by atoms with van der Waals surface area (Å²) in [4.78, 5) is 16.2. The van der Waals surface area contributed by atoms with Crippen molar-refractivity contribution in [2.45, 2.75) is 38.1 Å². The molecule has 2 fully saturated rings. The topological polar surface area (TPSA) is 43.8 Å². The van der Waals surface area contributed by atoms with Gasteiger partial charge in [0.1, 0.15) is 0 Å². The maximum atomic E-state index is 11.2. The van der Waals surface area contributed by atoms with E-state index in [4.69, 9.17) is 0 Å². The fraction of sp³-hybridized carbons (Fsp3) is 0.632. The molecular formula is C19H28N2O2. The predicted molar refractivity (Wildman–Crippen MR) is 91.5 cm³/mol. The van der Waals surface area contributed by atoms with Crippen LogP contribution in [0.3, 0.4) is 0 Å². The third-order valence-corrected chi connectivity index (χ3v) is 5.44. The molecule has 1 aromatic carbocycles. The van der Waals surface area contributed by atoms with E-state index >= 15 is 0 Å². The molecule has 126 valence electrons. The zero-order valence-electron chi connectivity index (χ0n) is 13.9. The largest absolute Gasteiger partial charge is 0.481 e. The summed E-state index contributed by atoms with van der Waals surface area (Å²) >= 11 is 0. The van der Waals surface area contributed by atoms with Crippen LogP contribution in [-0.2, 0) is 11.2 Å². The van der Waals surface area contributed by atoms with E-state index in [9.17, 15) is 9.90 Å². The van der Waals surface area contributed by atoms with Crippen molar-refractivity contribution in [3.63, 3.8) is 0 Å². The number of carbonyl (C=O) groups is 1. The van der Waals surface area contributed by atoms with Crippen LogP contribution in [0.25, 0.3) is 0 Å². The first-order valence-corrected chi connectivity index (χ1v) is 8.95. The van der Waals surface area contributed by atoms with Crippen molar-refractivity contribution in [2.75, 3.05) is 32.7 Å². The summed E-state index contributed by atoms with van der Waals surface area (Å²) in [6.45, 7) is 5.26. The molecular weight excluding hydrogens is 288 g/mol. The zero-order chi connectivity index (χ0) is 16.1. The van der Waals surface area contributed by atoms with Gasteiger partial charge in [-0.1, -0.05) is 30.3 Å². The summed E-state index contributed by atoms with van der Waals surface area (Å²) in [5.41, 5.74) is 1.41. The average Bonchev–Trinajstić information content (AvgIpc) is 2.61. The lowest BCUT2D eigenvalue weighted by molar-refractivity contribution is -0.144. The van der Waals surface area contributed by atoms with Crippen LogP contribution in [0.1, 0.15) is 31.2 Å². The van der Waals surface area contributed by atoms with Crippen LogP contribution in [-0.4, -0.2) is 59.6 Å². The van der Waals surface area contributed by atoms with Crippen molar-refractivity contribution in [1.29, 1.82) is 0 Å². The van der Waals surface area contributed by atoms with Gasteiger partial charge in [-0.2, -0.15) is 0 Å². The second kappa shape index (κ2) is 7.93. The molecule has 0 unspecified atom stereocenters. The first kappa shape index (κ1) is 16.5. The SMILES string of the molecule is O=C(O)[C@H]1CCCN(C2CCN(CCc3ccccc3)CC2)C1. The number of carboxylic acid groups (broad SMARTS) is 1. The Morgan fingerprint density at radius 3 is 2.52 bits per heavy atom. The second-order valence-corrected chi connectivity index (χ2v) is 6.98. The highest BCUT2D eigenvalue weighted by molar-refractivity contribution is 5.70. The monoisotopic (exact) mass is 316 g/mol. The molecule has 2 heterocycles. The van der Waals surface area contributed by atoms with Crippen molar-refractivity contribution < 1.29 is 9.90 Å². The van der Waals surface area contributed by atoms with E-state index in [1.807, 2.05) is 0 Å². The average molecular weight is 316 g/mol. The third-order valence-electron chi connectivity index (χ3n) is 5.44. The van der Waals surface area contributed by atoms with Crippen LogP contribution in [0.4, 0.5) is 0 Å². The van der Waals surface area contributed by atoms with Gasteiger partial charge in [0, 0.05) is 19.1 Å². The second-order valence-electron chi connectivity index (χ2n) is 6.98. The van der Waals surface area contributed by atoms with Gasteiger partial charge in [0.25, 0.3) is 0 Å². The van der Waals surface area contributed by atoms with Gasteiger partial charge >= 0.3 is 5.97 Å². The summed E-state index contributed by atoms with van der Waals surface area (Å²) in [5.74, 6) is -0.769. The summed E-state index contributed by atoms with van der Waals surface area (Å²) < 4.78 is 0. The fourth-order valence-electron chi connectivity index (χ4n) is 3.98. The maximum Gasteiger partial charge on any atom is 0.307 e. The predicted octanol–water partition coefficient (Wildman–Crippen LogP) is 2.49. The minimum absolute atomic E-state index is 0.153. The molecule has 4 heteroatoms. The van der Waals surface area contributed by atoms with Gasteiger partial charge < -0.3 is 10.0 Å². The Balaban J connectivity index is 1.42. The number of hydrogen-bond donors (Lipinski definition) is 1. The molecule has 0 bridgehead atoms. The van der Waals surface area contributed by atoms with E-state index in [0.717, 1.165) is 52.0 Å². The Morgan fingerprint density at radius 2 is 1.83 bits per heavy atom. The Kier molecular flexibility index (Phi) is 5.68. The van der Waals surface area contributed by atoms with E-state index in [1.54, 1.807) is 0 Å². The van der Waals surface area contributed by atoms with E-state index in [0.29, 0.717) is 6.04 Å². The van der Waals surface area contributed by atoms with E-state index < -0.39 is 5.97 Å². The van der Waals surface area contributed by atoms with Gasteiger partial charge in [-0.3, -0.25) is 9.69 Å². The lowest BCUT2D eigenvalue weighted by atomic mass is 9.94. The summed E-state index contributed by atoms with van der Waals surface area (Å²) in [5, 5.41) is 9.24. The smallest absolute Gasteiger partial charge is 0.307 e. The Bertz CT molecular complexity index is 497. The van der Waals surface area contributed by atoms with Crippen LogP contribution >= 0.6 is 0 Å². The lowest BCUT2D eigenvalue weighted by Gasteiger charge is -2.41. The Hall–Kier alpha value is -1.39. The molecule has 1 aromatic rings. The number of aliphatic carboxylic acids is 1. The van der Waals surface area contributed by atoms with Crippen LogP contribution in [0, 0.1) is 5.92 Å². The molecule has 2 aliphatic rings. The Morgan fingerprint density at radius 1 is 1.09 bits per heavy atom. The molecule has 23 heavy (non-hydrogen) atoms. The van der Waals surface area contributed by atoms with Gasteiger partial charge in [-0.05, 0) is 57.3 Å². The van der Waals surface area contributed by atoms with Crippen LogP contribution < -0.4 is 0 Å². The van der Waals surface area contributed by atoms with Crippen molar-refractivity contribution in [3.05, 3.63) is 35.9 Å². The number of hydrogen-bond acceptors (Lipinski definition) is 3. The molecule has 1 atom stereocenters. The number of nitrogens with zero attached hydrogens (tertiary/aromatic N) is 2. The van der Waals surface area contributed by atoms with Gasteiger partial charge in [-0.15, -0.1) is 0 Å². The molecule has 0 amide bonds. The van der Waals surface area contributed by atoms with Crippen molar-refractivity contribution in [3.8, 4) is 0 Å². The van der Waals surface area contributed by atoms with E-state index in [-0.39, 0.29) is 5.92 Å². The van der Waals surface area contributed by atoms with Gasteiger partial charge in [0.2, 0.25) is 0 Å². The molecule has 0 saturated carbocycles. The van der Waals surface area contributed by atoms with Crippen LogP contribution in [0.5, 0.6) is 0 Å². The van der Waals surface area contributed by atoms with Crippen LogP contribution in [0.15, 0.2) is 30.3 Å². The third kappa shape index (κ3) is 4.55. The molecule has 2 aliphatic heterocycles. The standard InChI is InChI=1S/C19H28N2O2/c22-19(23)17-7-4-11-21(15-17)18-9-13-20(14-10-18)12-8-16-5-2-1-3-6-16/h1-3,5-6,17-18H,4,7-15H2,(H,22,23)/t17-/m0/s1. The lowest BCUT2D eigenvalue weighted by Crippen LogP contribution is -2.49. The first-order chi connectivity index (χ1) is 11.2. The molecule has 0 aliphatic carbocycles. The molecule has 0 spiro atoms. The molecule has 4 nitrogen and oxygen atoms in total. The number of rotatable bonds is 5. The normalized spacial score (nSPS) is 24.6. The number of piperidine rings is 2. The number of likely N-dealkylation sites (tertiary alicyclic amines) is 2. The number of benzene rings is 1. The summed E-state index contributed by atoms with van der Waals surface area (Å²) in [6.07, 6.45) is 5.37. The molecule has 3 rings (SSSR count). The molecule has 0 aromatic heterocycles. The van der Waals surface area contributed by atoms with Gasteiger partial charge in [-0.25, -0.2) is 0 Å². The Labute approximate surface area is 139 Å². The van der Waals surface area contributed by atoms with E-state index in [2.05, 4.69) is 40.1 Å². The highest BCUT2D eigenvalue weighted by Gasteiger charge is 2.31. The fourth-order valence-corrected chi connectivity index (χ4v) is 3.98. The highest BCUT2D eigenvalue weighted by Crippen LogP contribution is 2.24. The van der Waals surface area contributed by atoms with Crippen molar-refractivity contribution in [2.24, 2.45) is 5.92 Å². The first-order valence-electron chi connectivity index (χ1n) is 8.95. The highest BCUT2D eigenvalue weighted by atomic mass is 16.4. The van der Waals surface area contributed by atoms with E-state index in [1.165, 1.54) is 18.4 Å². The zero-order valence-corrected chi connectivity index (χ0v) is 13.9. The van der Waals surface area contributed by atoms with Gasteiger partial charge in [0.15, 0.2) is 0 Å². The van der Waals surface area contributed by atoms with Crippen molar-refractivity contribution in [1.82, 2.24) is 9.80 Å². The molecule has 0 radical (unpaired) electrons. The molecule has 1 N–H and O–H groups in total. The quantitative estimate of drug-likeness (QED) is 0.906. The van der Waals surface area contributed by atoms with Gasteiger partial charge in [0.05, 0.1) is 5.92 Å². The minimum atomic E-state index is -0.616. The number of carboxylic acids is 1. The summed E-state index contributed by atoms with van der Waals surface area (Å²) in [7, 11) is 0. The van der Waals surface area contributed by atoms with Crippen molar-refractivity contribution >= 4 is 5.97 Å². The minimum Gasteiger partial charge on any atom is -0.481 e. The van der Waals surface area contributed by atoms with Crippen LogP contribution in [0.2, 0.25) is 0 Å². The maximum absolute atomic E-state index is 11.2. The molecule has 2 saturated heterocycles.